The highest BCUT2D eigenvalue weighted by molar-refractivity contribution is 5.76. The molecule has 0 saturated heterocycles. The van der Waals surface area contributed by atoms with Crippen molar-refractivity contribution >= 4 is 5.91 Å². The van der Waals surface area contributed by atoms with Crippen LogP contribution in [0.3, 0.4) is 0 Å². The van der Waals surface area contributed by atoms with Gasteiger partial charge >= 0.3 is 0 Å². The molecule has 0 aliphatic rings. The maximum absolute atomic E-state index is 13.7. The fraction of sp³-hybridized carbons (Fsp3) is 0.389. The maximum Gasteiger partial charge on any atom is 0.220 e. The van der Waals surface area contributed by atoms with E-state index in [4.69, 9.17) is 4.42 Å². The minimum absolute atomic E-state index is 0.0255. The van der Waals surface area contributed by atoms with E-state index >= 15 is 0 Å². The molecule has 2 aromatic rings. The van der Waals surface area contributed by atoms with Crippen LogP contribution in [0.5, 0.6) is 0 Å². The lowest BCUT2D eigenvalue weighted by atomic mass is 10.1. The third-order valence-electron chi connectivity index (χ3n) is 3.75. The van der Waals surface area contributed by atoms with Gasteiger partial charge in [-0.3, -0.25) is 4.79 Å². The van der Waals surface area contributed by atoms with Crippen molar-refractivity contribution in [2.45, 2.75) is 45.6 Å². The van der Waals surface area contributed by atoms with Crippen molar-refractivity contribution in [1.29, 1.82) is 0 Å². The number of hydrogen-bond donors (Lipinski definition) is 1. The van der Waals surface area contributed by atoms with E-state index in [9.17, 15) is 9.18 Å². The van der Waals surface area contributed by atoms with Crippen LogP contribution in [-0.4, -0.2) is 11.9 Å². The predicted octanol–water partition coefficient (Wildman–Crippen LogP) is 4.32. The van der Waals surface area contributed by atoms with Crippen molar-refractivity contribution in [1.82, 2.24) is 5.32 Å². The van der Waals surface area contributed by atoms with E-state index < -0.39 is 0 Å². The number of rotatable bonds is 7. The number of aryl methyl sites for hydroxylation is 1. The summed E-state index contributed by atoms with van der Waals surface area (Å²) in [7, 11) is 0. The van der Waals surface area contributed by atoms with Crippen molar-refractivity contribution in [3.63, 3.8) is 0 Å². The smallest absolute Gasteiger partial charge is 0.220 e. The fourth-order valence-electron chi connectivity index (χ4n) is 2.35. The standard InChI is InChI=1S/C18H22FNO2/c1-3-13(4-2)20-18(21)12-10-14-9-11-17(22-14)15-7-5-6-8-16(15)19/h5-9,11,13H,3-4,10,12H2,1-2H3,(H,20,21). The van der Waals surface area contributed by atoms with Crippen molar-refractivity contribution in [2.24, 2.45) is 0 Å². The molecule has 4 heteroatoms. The zero-order valence-electron chi connectivity index (χ0n) is 13.1. The van der Waals surface area contributed by atoms with E-state index in [-0.39, 0.29) is 17.8 Å². The predicted molar refractivity (Wildman–Crippen MR) is 84.9 cm³/mol. The van der Waals surface area contributed by atoms with Crippen LogP contribution in [0.1, 0.15) is 38.9 Å². The van der Waals surface area contributed by atoms with Gasteiger partial charge in [0.1, 0.15) is 17.3 Å². The highest BCUT2D eigenvalue weighted by Crippen LogP contribution is 2.25. The van der Waals surface area contributed by atoms with Crippen LogP contribution in [0.4, 0.5) is 4.39 Å². The minimum Gasteiger partial charge on any atom is -0.461 e. The van der Waals surface area contributed by atoms with Crippen LogP contribution in [0.25, 0.3) is 11.3 Å². The summed E-state index contributed by atoms with van der Waals surface area (Å²) in [6.07, 6.45) is 2.75. The molecule has 0 aliphatic heterocycles. The Morgan fingerprint density at radius 2 is 1.91 bits per heavy atom. The molecule has 1 heterocycles. The molecular weight excluding hydrogens is 281 g/mol. The van der Waals surface area contributed by atoms with Crippen molar-refractivity contribution in [3.05, 3.63) is 48.0 Å². The summed E-state index contributed by atoms with van der Waals surface area (Å²) in [5.41, 5.74) is 0.440. The molecule has 1 amide bonds. The summed E-state index contributed by atoms with van der Waals surface area (Å²) < 4.78 is 19.3. The van der Waals surface area contributed by atoms with E-state index in [1.165, 1.54) is 6.07 Å². The Hall–Kier alpha value is -2.10. The van der Waals surface area contributed by atoms with Crippen LogP contribution < -0.4 is 5.32 Å². The quantitative estimate of drug-likeness (QED) is 0.827. The number of nitrogens with one attached hydrogen (secondary N) is 1. The average Bonchev–Trinajstić information content (AvgIpc) is 2.99. The Balaban J connectivity index is 1.93. The molecule has 1 N–H and O–H groups in total. The van der Waals surface area contributed by atoms with Gasteiger partial charge in [-0.05, 0) is 37.1 Å². The Kier molecular flexibility index (Phi) is 5.75. The normalized spacial score (nSPS) is 10.9. The lowest BCUT2D eigenvalue weighted by Crippen LogP contribution is -2.33. The van der Waals surface area contributed by atoms with Gasteiger partial charge < -0.3 is 9.73 Å². The molecule has 0 atom stereocenters. The second-order valence-electron chi connectivity index (χ2n) is 5.33. The summed E-state index contributed by atoms with van der Waals surface area (Å²) >= 11 is 0. The van der Waals surface area contributed by atoms with Gasteiger partial charge in [0, 0.05) is 18.9 Å². The average molecular weight is 303 g/mol. The van der Waals surface area contributed by atoms with E-state index in [0.29, 0.717) is 29.9 Å². The molecule has 2 rings (SSSR count). The third-order valence-corrected chi connectivity index (χ3v) is 3.75. The second-order valence-corrected chi connectivity index (χ2v) is 5.33. The van der Waals surface area contributed by atoms with Crippen LogP contribution in [0, 0.1) is 5.82 Å². The van der Waals surface area contributed by atoms with Crippen molar-refractivity contribution < 1.29 is 13.6 Å². The molecule has 1 aromatic heterocycles. The monoisotopic (exact) mass is 303 g/mol. The number of amides is 1. The highest BCUT2D eigenvalue weighted by Gasteiger charge is 2.12. The topological polar surface area (TPSA) is 42.2 Å². The van der Waals surface area contributed by atoms with Crippen LogP contribution in [0.2, 0.25) is 0 Å². The van der Waals surface area contributed by atoms with Crippen LogP contribution >= 0.6 is 0 Å². The molecule has 0 fully saturated rings. The molecule has 118 valence electrons. The Bertz CT molecular complexity index is 617. The SMILES string of the molecule is CCC(CC)NC(=O)CCc1ccc(-c2ccccc2F)o1. The first-order chi connectivity index (χ1) is 10.6. The number of halogens is 1. The van der Waals surface area contributed by atoms with Crippen molar-refractivity contribution in [2.75, 3.05) is 0 Å². The van der Waals surface area contributed by atoms with Gasteiger partial charge in [0.05, 0.1) is 5.56 Å². The third kappa shape index (κ3) is 4.20. The van der Waals surface area contributed by atoms with Gasteiger partial charge in [-0.25, -0.2) is 4.39 Å². The molecule has 1 aromatic carbocycles. The summed E-state index contributed by atoms with van der Waals surface area (Å²) in [6.45, 7) is 4.11. The fourth-order valence-corrected chi connectivity index (χ4v) is 2.35. The number of carbonyl (C=O) groups excluding carboxylic acids is 1. The minimum atomic E-state index is -0.310. The van der Waals surface area contributed by atoms with E-state index in [0.717, 1.165) is 12.8 Å². The molecule has 0 aliphatic carbocycles. The molecule has 22 heavy (non-hydrogen) atoms. The van der Waals surface area contributed by atoms with E-state index in [1.807, 2.05) is 0 Å². The maximum atomic E-state index is 13.7. The zero-order valence-corrected chi connectivity index (χ0v) is 13.1. The lowest BCUT2D eigenvalue weighted by Gasteiger charge is -2.14. The Labute approximate surface area is 130 Å². The van der Waals surface area contributed by atoms with Crippen LogP contribution in [-0.2, 0) is 11.2 Å². The van der Waals surface area contributed by atoms with Gasteiger partial charge in [0.15, 0.2) is 0 Å². The molecule has 0 saturated carbocycles. The Morgan fingerprint density at radius 1 is 1.18 bits per heavy atom. The number of carbonyl (C=O) groups is 1. The van der Waals surface area contributed by atoms with Gasteiger partial charge in [-0.1, -0.05) is 26.0 Å². The zero-order chi connectivity index (χ0) is 15.9. The highest BCUT2D eigenvalue weighted by atomic mass is 19.1. The largest absolute Gasteiger partial charge is 0.461 e. The first kappa shape index (κ1) is 16.3. The second kappa shape index (κ2) is 7.78. The van der Waals surface area contributed by atoms with Crippen LogP contribution in [0.15, 0.2) is 40.8 Å². The van der Waals surface area contributed by atoms with Gasteiger partial charge in [0.2, 0.25) is 5.91 Å². The van der Waals surface area contributed by atoms with Gasteiger partial charge in [0.25, 0.3) is 0 Å². The first-order valence-corrected chi connectivity index (χ1v) is 7.77. The van der Waals surface area contributed by atoms with Gasteiger partial charge in [-0.15, -0.1) is 0 Å². The molecule has 0 radical (unpaired) electrons. The summed E-state index contributed by atoms with van der Waals surface area (Å²) in [4.78, 5) is 11.9. The van der Waals surface area contributed by atoms with Crippen molar-refractivity contribution in [3.8, 4) is 11.3 Å². The summed E-state index contributed by atoms with van der Waals surface area (Å²) in [6, 6.07) is 10.3. The lowest BCUT2D eigenvalue weighted by molar-refractivity contribution is -0.121. The van der Waals surface area contributed by atoms with E-state index in [2.05, 4.69) is 19.2 Å². The molecule has 0 unspecified atom stereocenters. The first-order valence-electron chi connectivity index (χ1n) is 7.77. The molecular formula is C18H22FNO2. The molecule has 3 nitrogen and oxygen atoms in total. The molecule has 0 bridgehead atoms. The Morgan fingerprint density at radius 3 is 2.59 bits per heavy atom. The van der Waals surface area contributed by atoms with Gasteiger partial charge in [-0.2, -0.15) is 0 Å². The summed E-state index contributed by atoms with van der Waals surface area (Å²) in [5.74, 6) is 0.902. The van der Waals surface area contributed by atoms with E-state index in [1.54, 1.807) is 30.3 Å². The molecule has 0 spiro atoms. The number of hydrogen-bond acceptors (Lipinski definition) is 2. The number of furan rings is 1. The number of benzene rings is 1. The summed E-state index contributed by atoms with van der Waals surface area (Å²) in [5, 5.41) is 2.99.